The number of primary amides is 1. The molecule has 0 aliphatic heterocycles. The molecule has 0 fully saturated rings. The zero-order chi connectivity index (χ0) is 13.8. The van der Waals surface area contributed by atoms with Crippen LogP contribution in [0.5, 0.6) is 0 Å². The number of nitriles is 1. The first-order valence-electron chi connectivity index (χ1n) is 5.86. The number of nitrogens with zero attached hydrogens (tertiary/aromatic N) is 1. The summed E-state index contributed by atoms with van der Waals surface area (Å²) in [6.07, 6.45) is 0. The van der Waals surface area contributed by atoms with Crippen molar-refractivity contribution in [2.45, 2.75) is 33.4 Å². The molecule has 0 heterocycles. The largest absolute Gasteiger partial charge is 0.368 e. The summed E-state index contributed by atoms with van der Waals surface area (Å²) in [6, 6.07) is 8.97. The molecular formula is C14H19N3O. The average Bonchev–Trinajstić information content (AvgIpc) is 2.27. The minimum atomic E-state index is -0.400. The van der Waals surface area contributed by atoms with Crippen LogP contribution in [0.15, 0.2) is 24.3 Å². The number of benzene rings is 1. The van der Waals surface area contributed by atoms with E-state index in [1.54, 1.807) is 12.1 Å². The van der Waals surface area contributed by atoms with Gasteiger partial charge < -0.3 is 11.1 Å². The highest BCUT2D eigenvalue weighted by atomic mass is 16.1. The van der Waals surface area contributed by atoms with Crippen LogP contribution in [0.25, 0.3) is 0 Å². The van der Waals surface area contributed by atoms with Gasteiger partial charge in [0.25, 0.3) is 0 Å². The second kappa shape index (κ2) is 5.65. The molecule has 0 saturated carbocycles. The molecule has 0 radical (unpaired) electrons. The Hall–Kier alpha value is -1.86. The number of carbonyl (C=O) groups is 1. The van der Waals surface area contributed by atoms with Crippen LogP contribution in [0.2, 0.25) is 0 Å². The van der Waals surface area contributed by atoms with Gasteiger partial charge in [-0.2, -0.15) is 5.26 Å². The predicted octanol–water partition coefficient (Wildman–Crippen LogP) is 1.55. The van der Waals surface area contributed by atoms with Crippen LogP contribution in [0.4, 0.5) is 0 Å². The summed E-state index contributed by atoms with van der Waals surface area (Å²) in [5.41, 5.74) is 6.73. The molecule has 0 saturated heterocycles. The third-order valence-corrected chi connectivity index (χ3v) is 2.72. The van der Waals surface area contributed by atoms with Crippen molar-refractivity contribution in [1.82, 2.24) is 5.32 Å². The third kappa shape index (κ3) is 3.86. The first-order chi connectivity index (χ1) is 8.34. The summed E-state index contributed by atoms with van der Waals surface area (Å²) in [7, 11) is 0. The lowest BCUT2D eigenvalue weighted by atomic mass is 9.86. The van der Waals surface area contributed by atoms with Crippen molar-refractivity contribution in [1.29, 1.82) is 5.26 Å². The van der Waals surface area contributed by atoms with E-state index >= 15 is 0 Å². The number of nitrogens with two attached hydrogens (primary N) is 1. The van der Waals surface area contributed by atoms with E-state index in [-0.39, 0.29) is 11.3 Å². The molecule has 1 unspecified atom stereocenters. The van der Waals surface area contributed by atoms with Crippen molar-refractivity contribution >= 4 is 5.91 Å². The molecule has 1 aromatic rings. The Labute approximate surface area is 108 Å². The van der Waals surface area contributed by atoms with E-state index in [0.717, 1.165) is 5.56 Å². The normalized spacial score (nSPS) is 12.8. The summed E-state index contributed by atoms with van der Waals surface area (Å²) in [5, 5.41) is 12.0. The molecule has 0 bridgehead atoms. The van der Waals surface area contributed by atoms with Gasteiger partial charge >= 0.3 is 0 Å². The highest BCUT2D eigenvalue weighted by molar-refractivity contribution is 5.80. The van der Waals surface area contributed by atoms with E-state index in [4.69, 9.17) is 11.0 Å². The van der Waals surface area contributed by atoms with Crippen molar-refractivity contribution in [2.24, 2.45) is 11.1 Å². The van der Waals surface area contributed by atoms with Gasteiger partial charge in [-0.1, -0.05) is 32.9 Å². The molecule has 1 atom stereocenters. The van der Waals surface area contributed by atoms with Crippen LogP contribution in [0, 0.1) is 16.7 Å². The first kappa shape index (κ1) is 14.2. The number of nitrogens with one attached hydrogen (secondary N) is 1. The third-order valence-electron chi connectivity index (χ3n) is 2.72. The second-order valence-electron chi connectivity index (χ2n) is 5.39. The summed E-state index contributed by atoms with van der Waals surface area (Å²) in [6.45, 7) is 6.39. The number of carbonyl (C=O) groups excluding carboxylic acids is 1. The van der Waals surface area contributed by atoms with E-state index in [1.165, 1.54) is 0 Å². The fraction of sp³-hybridized carbons (Fsp3) is 0.429. The Morgan fingerprint density at radius 3 is 2.67 bits per heavy atom. The van der Waals surface area contributed by atoms with E-state index in [1.807, 2.05) is 32.9 Å². The average molecular weight is 245 g/mol. The van der Waals surface area contributed by atoms with Crippen LogP contribution >= 0.6 is 0 Å². The lowest BCUT2D eigenvalue weighted by Crippen LogP contribution is -2.49. The molecular weight excluding hydrogens is 226 g/mol. The van der Waals surface area contributed by atoms with Gasteiger partial charge in [-0.25, -0.2) is 0 Å². The Balaban J connectivity index is 2.74. The van der Waals surface area contributed by atoms with Gasteiger partial charge in [0.15, 0.2) is 0 Å². The van der Waals surface area contributed by atoms with E-state index in [0.29, 0.717) is 12.1 Å². The van der Waals surface area contributed by atoms with Crippen LogP contribution in [0.1, 0.15) is 31.9 Å². The fourth-order valence-electron chi connectivity index (χ4n) is 1.80. The highest BCUT2D eigenvalue weighted by Crippen LogP contribution is 2.19. The molecule has 4 nitrogen and oxygen atoms in total. The standard InChI is InChI=1S/C14H19N3O/c1-14(2,3)12(13(16)18)17-9-11-6-4-5-10(7-11)8-15/h4-7,12,17H,9H2,1-3H3,(H2,16,18). The first-order valence-corrected chi connectivity index (χ1v) is 5.86. The quantitative estimate of drug-likeness (QED) is 0.844. The van der Waals surface area contributed by atoms with Crippen molar-refractivity contribution in [2.75, 3.05) is 0 Å². The SMILES string of the molecule is CC(C)(C)C(NCc1cccc(C#N)c1)C(N)=O. The molecule has 96 valence electrons. The number of rotatable bonds is 4. The summed E-state index contributed by atoms with van der Waals surface area (Å²) in [5.74, 6) is -0.362. The molecule has 1 rings (SSSR count). The maximum Gasteiger partial charge on any atom is 0.235 e. The smallest absolute Gasteiger partial charge is 0.235 e. The lowest BCUT2D eigenvalue weighted by molar-refractivity contribution is -0.122. The summed E-state index contributed by atoms with van der Waals surface area (Å²) < 4.78 is 0. The molecule has 0 spiro atoms. The zero-order valence-electron chi connectivity index (χ0n) is 11.0. The van der Waals surface area contributed by atoms with Gasteiger partial charge in [0, 0.05) is 6.54 Å². The van der Waals surface area contributed by atoms with Gasteiger partial charge in [-0.15, -0.1) is 0 Å². The molecule has 18 heavy (non-hydrogen) atoms. The van der Waals surface area contributed by atoms with Crippen LogP contribution in [0.3, 0.4) is 0 Å². The Kier molecular flexibility index (Phi) is 4.46. The highest BCUT2D eigenvalue weighted by Gasteiger charge is 2.28. The van der Waals surface area contributed by atoms with Gasteiger partial charge in [-0.05, 0) is 23.1 Å². The second-order valence-corrected chi connectivity index (χ2v) is 5.39. The van der Waals surface area contributed by atoms with Gasteiger partial charge in [0.05, 0.1) is 17.7 Å². The molecule has 0 aromatic heterocycles. The van der Waals surface area contributed by atoms with E-state index < -0.39 is 6.04 Å². The minimum absolute atomic E-state index is 0.237. The maximum atomic E-state index is 11.4. The van der Waals surface area contributed by atoms with Crippen molar-refractivity contribution in [3.63, 3.8) is 0 Å². The summed E-state index contributed by atoms with van der Waals surface area (Å²) in [4.78, 5) is 11.4. The van der Waals surface area contributed by atoms with E-state index in [2.05, 4.69) is 11.4 Å². The molecule has 0 aliphatic carbocycles. The molecule has 1 amide bonds. The van der Waals surface area contributed by atoms with Gasteiger partial charge in [-0.3, -0.25) is 4.79 Å². The Morgan fingerprint density at radius 2 is 2.17 bits per heavy atom. The predicted molar refractivity (Wildman–Crippen MR) is 70.4 cm³/mol. The van der Waals surface area contributed by atoms with E-state index in [9.17, 15) is 4.79 Å². The molecule has 4 heteroatoms. The van der Waals surface area contributed by atoms with Crippen molar-refractivity contribution in [3.05, 3.63) is 35.4 Å². The number of hydrogen-bond donors (Lipinski definition) is 2. The monoisotopic (exact) mass is 245 g/mol. The summed E-state index contributed by atoms with van der Waals surface area (Å²) >= 11 is 0. The van der Waals surface area contributed by atoms with Crippen molar-refractivity contribution < 1.29 is 4.79 Å². The topological polar surface area (TPSA) is 78.9 Å². The zero-order valence-corrected chi connectivity index (χ0v) is 11.0. The fourth-order valence-corrected chi connectivity index (χ4v) is 1.80. The Bertz CT molecular complexity index is 469. The van der Waals surface area contributed by atoms with Gasteiger partial charge in [0.1, 0.15) is 0 Å². The van der Waals surface area contributed by atoms with Crippen LogP contribution < -0.4 is 11.1 Å². The van der Waals surface area contributed by atoms with Crippen LogP contribution in [-0.2, 0) is 11.3 Å². The molecule has 3 N–H and O–H groups in total. The lowest BCUT2D eigenvalue weighted by Gasteiger charge is -2.28. The van der Waals surface area contributed by atoms with Crippen molar-refractivity contribution in [3.8, 4) is 6.07 Å². The van der Waals surface area contributed by atoms with Crippen LogP contribution in [-0.4, -0.2) is 11.9 Å². The maximum absolute atomic E-state index is 11.4. The Morgan fingerprint density at radius 1 is 1.50 bits per heavy atom. The molecule has 1 aromatic carbocycles. The number of amides is 1. The van der Waals surface area contributed by atoms with Gasteiger partial charge in [0.2, 0.25) is 5.91 Å². The molecule has 0 aliphatic rings. The number of hydrogen-bond acceptors (Lipinski definition) is 3. The minimum Gasteiger partial charge on any atom is -0.368 e.